The third-order valence-corrected chi connectivity index (χ3v) is 5.30. The number of aliphatic imine (C=N–C) groups is 1. The molecule has 0 aromatic carbocycles. The summed E-state index contributed by atoms with van der Waals surface area (Å²) in [6.45, 7) is 13.7. The molecule has 2 aliphatic heterocycles. The Kier molecular flexibility index (Phi) is 8.52. The van der Waals surface area contributed by atoms with E-state index >= 15 is 0 Å². The van der Waals surface area contributed by atoms with E-state index in [2.05, 4.69) is 29.0 Å². The topological polar surface area (TPSA) is 57.2 Å². The second-order valence-electron chi connectivity index (χ2n) is 7.27. The molecule has 6 nitrogen and oxygen atoms in total. The lowest BCUT2D eigenvalue weighted by atomic mass is 9.97. The average Bonchev–Trinajstić information content (AvgIpc) is 2.63. The van der Waals surface area contributed by atoms with Crippen LogP contribution in [0.2, 0.25) is 0 Å². The number of rotatable bonds is 6. The molecule has 2 aliphatic rings. The molecule has 25 heavy (non-hydrogen) atoms. The van der Waals surface area contributed by atoms with Crippen molar-refractivity contribution in [3.63, 3.8) is 0 Å². The van der Waals surface area contributed by atoms with Gasteiger partial charge in [0.15, 0.2) is 5.96 Å². The van der Waals surface area contributed by atoms with E-state index in [0.717, 1.165) is 57.4 Å². The lowest BCUT2D eigenvalue weighted by Crippen LogP contribution is -2.47. The number of esters is 1. The van der Waals surface area contributed by atoms with Gasteiger partial charge in [0.25, 0.3) is 0 Å². The number of carbonyl (C=O) groups excluding carboxylic acids is 1. The molecule has 2 saturated heterocycles. The molecule has 1 N–H and O–H groups in total. The number of hydrogen-bond acceptors (Lipinski definition) is 4. The Balaban J connectivity index is 1.78. The van der Waals surface area contributed by atoms with Crippen molar-refractivity contribution in [3.8, 4) is 0 Å². The summed E-state index contributed by atoms with van der Waals surface area (Å²) in [5.41, 5.74) is 0. The lowest BCUT2D eigenvalue weighted by molar-refractivity contribution is -0.149. The number of piperidine rings is 2. The van der Waals surface area contributed by atoms with E-state index in [0.29, 0.717) is 6.61 Å². The average molecular weight is 353 g/mol. The van der Waals surface area contributed by atoms with Crippen LogP contribution >= 0.6 is 0 Å². The largest absolute Gasteiger partial charge is 0.466 e. The predicted octanol–water partition coefficient (Wildman–Crippen LogP) is 1.96. The summed E-state index contributed by atoms with van der Waals surface area (Å²) in [5, 5.41) is 3.41. The number of hydrogen-bond donors (Lipinski definition) is 1. The van der Waals surface area contributed by atoms with Gasteiger partial charge in [0, 0.05) is 26.2 Å². The highest BCUT2D eigenvalue weighted by Gasteiger charge is 2.27. The van der Waals surface area contributed by atoms with Gasteiger partial charge in [-0.15, -0.1) is 0 Å². The van der Waals surface area contributed by atoms with Crippen LogP contribution in [0.4, 0.5) is 0 Å². The van der Waals surface area contributed by atoms with E-state index in [1.54, 1.807) is 0 Å². The minimum atomic E-state index is -0.0385. The minimum Gasteiger partial charge on any atom is -0.466 e. The van der Waals surface area contributed by atoms with E-state index < -0.39 is 0 Å². The number of nitrogens with one attached hydrogen (secondary N) is 1. The predicted molar refractivity (Wildman–Crippen MR) is 102 cm³/mol. The molecule has 2 rings (SSSR count). The molecule has 6 heteroatoms. The molecule has 0 unspecified atom stereocenters. The Labute approximate surface area is 153 Å². The number of ether oxygens (including phenoxy) is 1. The van der Waals surface area contributed by atoms with Crippen molar-refractivity contribution in [1.82, 2.24) is 15.1 Å². The number of nitrogens with zero attached hydrogens (tertiary/aromatic N) is 3. The maximum absolute atomic E-state index is 11.9. The van der Waals surface area contributed by atoms with E-state index in [1.165, 1.54) is 25.9 Å². The van der Waals surface area contributed by atoms with Crippen molar-refractivity contribution in [2.45, 2.75) is 46.5 Å². The third-order valence-electron chi connectivity index (χ3n) is 5.30. The van der Waals surface area contributed by atoms with Gasteiger partial charge < -0.3 is 19.9 Å². The van der Waals surface area contributed by atoms with Crippen LogP contribution in [0.25, 0.3) is 0 Å². The Morgan fingerprint density at radius 2 is 1.80 bits per heavy atom. The quantitative estimate of drug-likeness (QED) is 0.450. The molecular formula is C19H36N4O2. The fourth-order valence-electron chi connectivity index (χ4n) is 3.60. The summed E-state index contributed by atoms with van der Waals surface area (Å²) in [6.07, 6.45) is 4.33. The first-order chi connectivity index (χ1) is 12.1. The van der Waals surface area contributed by atoms with Crippen LogP contribution in [0, 0.1) is 11.8 Å². The first kappa shape index (κ1) is 20.0. The molecule has 0 aliphatic carbocycles. The monoisotopic (exact) mass is 352 g/mol. The van der Waals surface area contributed by atoms with Gasteiger partial charge in [-0.1, -0.05) is 6.92 Å². The Bertz CT molecular complexity index is 425. The van der Waals surface area contributed by atoms with Gasteiger partial charge in [-0.3, -0.25) is 9.79 Å². The van der Waals surface area contributed by atoms with Gasteiger partial charge in [0.1, 0.15) is 0 Å². The summed E-state index contributed by atoms with van der Waals surface area (Å²) in [5.74, 6) is 1.88. The molecule has 0 atom stereocenters. The summed E-state index contributed by atoms with van der Waals surface area (Å²) < 4.78 is 5.16. The molecule has 2 heterocycles. The molecule has 2 fully saturated rings. The maximum Gasteiger partial charge on any atom is 0.309 e. The Morgan fingerprint density at radius 1 is 1.12 bits per heavy atom. The Morgan fingerprint density at radius 3 is 2.40 bits per heavy atom. The normalized spacial score (nSPS) is 21.4. The number of likely N-dealkylation sites (tertiary alicyclic amines) is 2. The molecule has 0 spiro atoms. The van der Waals surface area contributed by atoms with E-state index in [4.69, 9.17) is 9.73 Å². The fraction of sp³-hybridized carbons (Fsp3) is 0.895. The van der Waals surface area contributed by atoms with Crippen molar-refractivity contribution < 1.29 is 9.53 Å². The van der Waals surface area contributed by atoms with Crippen LogP contribution in [0.1, 0.15) is 46.5 Å². The van der Waals surface area contributed by atoms with Gasteiger partial charge in [0.05, 0.1) is 19.1 Å². The summed E-state index contributed by atoms with van der Waals surface area (Å²) in [4.78, 5) is 21.5. The van der Waals surface area contributed by atoms with Gasteiger partial charge in [-0.2, -0.15) is 0 Å². The van der Waals surface area contributed by atoms with E-state index in [-0.39, 0.29) is 11.9 Å². The van der Waals surface area contributed by atoms with E-state index in [1.807, 2.05) is 6.92 Å². The van der Waals surface area contributed by atoms with Crippen LogP contribution in [-0.4, -0.2) is 74.1 Å². The zero-order valence-electron chi connectivity index (χ0n) is 16.3. The second kappa shape index (κ2) is 10.6. The van der Waals surface area contributed by atoms with Crippen LogP contribution in [0.3, 0.4) is 0 Å². The third kappa shape index (κ3) is 6.49. The highest BCUT2D eigenvalue weighted by Crippen LogP contribution is 2.19. The zero-order chi connectivity index (χ0) is 18.1. The smallest absolute Gasteiger partial charge is 0.309 e. The number of carbonyl (C=O) groups is 1. The van der Waals surface area contributed by atoms with Crippen molar-refractivity contribution in [2.75, 3.05) is 52.4 Å². The summed E-state index contributed by atoms with van der Waals surface area (Å²) >= 11 is 0. The standard InChI is InChI=1S/C19H36N4O2/c1-4-20-19(21-10-15-22-11-6-16(3)7-12-22)23-13-8-17(9-14-23)18(24)25-5-2/h16-17H,4-15H2,1-3H3,(H,20,21). The highest BCUT2D eigenvalue weighted by atomic mass is 16.5. The molecule has 144 valence electrons. The van der Waals surface area contributed by atoms with Gasteiger partial charge in [-0.05, 0) is 58.5 Å². The van der Waals surface area contributed by atoms with Crippen molar-refractivity contribution in [3.05, 3.63) is 0 Å². The second-order valence-corrected chi connectivity index (χ2v) is 7.27. The summed E-state index contributed by atoms with van der Waals surface area (Å²) in [6, 6.07) is 0. The van der Waals surface area contributed by atoms with Crippen LogP contribution in [-0.2, 0) is 9.53 Å². The van der Waals surface area contributed by atoms with Crippen molar-refractivity contribution in [2.24, 2.45) is 16.8 Å². The van der Waals surface area contributed by atoms with Crippen LogP contribution < -0.4 is 5.32 Å². The zero-order valence-corrected chi connectivity index (χ0v) is 16.3. The first-order valence-corrected chi connectivity index (χ1v) is 10.1. The van der Waals surface area contributed by atoms with Gasteiger partial charge in [-0.25, -0.2) is 0 Å². The molecular weight excluding hydrogens is 316 g/mol. The van der Waals surface area contributed by atoms with Crippen molar-refractivity contribution >= 4 is 11.9 Å². The fourth-order valence-corrected chi connectivity index (χ4v) is 3.60. The Hall–Kier alpha value is -1.30. The molecule has 0 amide bonds. The molecule has 0 saturated carbocycles. The van der Waals surface area contributed by atoms with E-state index in [9.17, 15) is 4.79 Å². The summed E-state index contributed by atoms with van der Waals surface area (Å²) in [7, 11) is 0. The van der Waals surface area contributed by atoms with Gasteiger partial charge in [0.2, 0.25) is 0 Å². The van der Waals surface area contributed by atoms with Crippen molar-refractivity contribution in [1.29, 1.82) is 0 Å². The highest BCUT2D eigenvalue weighted by molar-refractivity contribution is 5.80. The lowest BCUT2D eigenvalue weighted by Gasteiger charge is -2.33. The van der Waals surface area contributed by atoms with Crippen LogP contribution in [0.5, 0.6) is 0 Å². The molecule has 0 aromatic heterocycles. The minimum absolute atomic E-state index is 0.0385. The molecule has 0 radical (unpaired) electrons. The maximum atomic E-state index is 11.9. The number of guanidine groups is 1. The molecule has 0 bridgehead atoms. The molecule has 0 aromatic rings. The first-order valence-electron chi connectivity index (χ1n) is 10.1. The SMILES string of the molecule is CCNC(=NCCN1CCC(C)CC1)N1CCC(C(=O)OCC)CC1. The van der Waals surface area contributed by atoms with Crippen LogP contribution in [0.15, 0.2) is 4.99 Å². The van der Waals surface area contributed by atoms with Gasteiger partial charge >= 0.3 is 5.97 Å².